The van der Waals surface area contributed by atoms with Crippen LogP contribution in [0.5, 0.6) is 0 Å². The molecule has 0 saturated heterocycles. The Balaban J connectivity index is 2.14. The van der Waals surface area contributed by atoms with Crippen LogP contribution in [0.2, 0.25) is 0 Å². The number of carbonyl (C=O) groups excluding carboxylic acids is 1. The number of aromatic nitrogens is 2. The predicted molar refractivity (Wildman–Crippen MR) is 101 cm³/mol. The first-order valence-electron chi connectivity index (χ1n) is 8.57. The normalized spacial score (nSPS) is 10.8. The zero-order valence-electron chi connectivity index (χ0n) is 15.5. The van der Waals surface area contributed by atoms with E-state index in [1.54, 1.807) is 6.07 Å². The lowest BCUT2D eigenvalue weighted by atomic mass is 10.2. The number of likely N-dealkylation sites (N-methyl/N-ethyl adjacent to an activating group) is 1. The lowest BCUT2D eigenvalue weighted by molar-refractivity contribution is 0.0945. The van der Waals surface area contributed by atoms with Crippen molar-refractivity contribution in [2.24, 2.45) is 0 Å². The maximum absolute atomic E-state index is 12.4. The third-order valence-corrected chi connectivity index (χ3v) is 3.82. The van der Waals surface area contributed by atoms with E-state index in [1.807, 2.05) is 44.1 Å². The highest BCUT2D eigenvalue weighted by Gasteiger charge is 2.14. The Morgan fingerprint density at radius 3 is 2.52 bits per heavy atom. The minimum Gasteiger partial charge on any atom is -0.352 e. The summed E-state index contributed by atoms with van der Waals surface area (Å²) in [5, 5.41) is 2.90. The van der Waals surface area contributed by atoms with Crippen molar-refractivity contribution in [3.05, 3.63) is 53.5 Å². The number of hydrogen-bond donors (Lipinski definition) is 1. The van der Waals surface area contributed by atoms with Gasteiger partial charge in [0.2, 0.25) is 0 Å². The van der Waals surface area contributed by atoms with Gasteiger partial charge in [0.05, 0.1) is 0 Å². The van der Waals surface area contributed by atoms with Gasteiger partial charge in [0, 0.05) is 32.2 Å². The molecule has 134 valence electrons. The second-order valence-electron chi connectivity index (χ2n) is 6.22. The van der Waals surface area contributed by atoms with Crippen molar-refractivity contribution in [3.8, 4) is 0 Å². The van der Waals surface area contributed by atoms with Gasteiger partial charge < -0.3 is 15.1 Å². The van der Waals surface area contributed by atoms with Crippen LogP contribution in [0.25, 0.3) is 0 Å². The van der Waals surface area contributed by atoms with Gasteiger partial charge in [-0.1, -0.05) is 30.3 Å². The number of amides is 1. The molecule has 1 N–H and O–H groups in total. The van der Waals surface area contributed by atoms with Crippen LogP contribution in [0.3, 0.4) is 0 Å². The molecule has 0 aliphatic heterocycles. The number of anilines is 1. The van der Waals surface area contributed by atoms with E-state index in [1.165, 1.54) is 5.56 Å². The molecular weight excluding hydrogens is 314 g/mol. The Morgan fingerprint density at radius 1 is 1.16 bits per heavy atom. The summed E-state index contributed by atoms with van der Waals surface area (Å²) < 4.78 is 0. The summed E-state index contributed by atoms with van der Waals surface area (Å²) in [6.45, 7) is 6.82. The number of benzene rings is 1. The fraction of sp³-hybridized carbons (Fsp3) is 0.421. The molecule has 0 saturated carbocycles. The van der Waals surface area contributed by atoms with Gasteiger partial charge in [-0.15, -0.1) is 0 Å². The largest absolute Gasteiger partial charge is 0.352 e. The molecule has 0 aliphatic carbocycles. The average molecular weight is 341 g/mol. The van der Waals surface area contributed by atoms with Gasteiger partial charge in [-0.3, -0.25) is 4.79 Å². The molecule has 0 aliphatic rings. The van der Waals surface area contributed by atoms with E-state index in [-0.39, 0.29) is 5.91 Å². The minimum absolute atomic E-state index is 0.163. The third kappa shape index (κ3) is 5.83. The zero-order chi connectivity index (χ0) is 18.2. The highest BCUT2D eigenvalue weighted by atomic mass is 16.1. The van der Waals surface area contributed by atoms with Crippen LogP contribution in [0, 0.1) is 6.92 Å². The molecule has 2 aromatic rings. The molecule has 0 fully saturated rings. The molecule has 2 rings (SSSR count). The van der Waals surface area contributed by atoms with Crippen molar-refractivity contribution in [3.63, 3.8) is 0 Å². The van der Waals surface area contributed by atoms with E-state index in [2.05, 4.69) is 39.2 Å². The summed E-state index contributed by atoms with van der Waals surface area (Å²) in [6.07, 6.45) is 0. The first-order chi connectivity index (χ1) is 12.0. The third-order valence-electron chi connectivity index (χ3n) is 3.82. The molecule has 1 aromatic heterocycles. The Morgan fingerprint density at radius 2 is 1.88 bits per heavy atom. The Bertz CT molecular complexity index is 687. The molecule has 0 radical (unpaired) electrons. The Labute approximate surface area is 149 Å². The lowest BCUT2D eigenvalue weighted by Gasteiger charge is -2.22. The molecule has 1 amide bonds. The highest BCUT2D eigenvalue weighted by molar-refractivity contribution is 5.92. The van der Waals surface area contributed by atoms with E-state index in [0.717, 1.165) is 25.5 Å². The number of nitrogens with one attached hydrogen (secondary N) is 1. The fourth-order valence-electron chi connectivity index (χ4n) is 2.47. The summed E-state index contributed by atoms with van der Waals surface area (Å²) in [5.74, 6) is 1.21. The fourth-order valence-corrected chi connectivity index (χ4v) is 2.47. The van der Waals surface area contributed by atoms with Gasteiger partial charge in [-0.05, 0) is 33.5 Å². The van der Waals surface area contributed by atoms with Gasteiger partial charge in [0.25, 0.3) is 5.91 Å². The number of hydrogen-bond acceptors (Lipinski definition) is 5. The van der Waals surface area contributed by atoms with Crippen LogP contribution >= 0.6 is 0 Å². The highest BCUT2D eigenvalue weighted by Crippen LogP contribution is 2.16. The van der Waals surface area contributed by atoms with Crippen LogP contribution in [0.4, 0.5) is 5.82 Å². The summed E-state index contributed by atoms with van der Waals surface area (Å²) in [5.41, 5.74) is 1.62. The second kappa shape index (κ2) is 9.13. The van der Waals surface area contributed by atoms with Crippen molar-refractivity contribution in [1.29, 1.82) is 0 Å². The summed E-state index contributed by atoms with van der Waals surface area (Å²) in [6, 6.07) is 12.0. The monoisotopic (exact) mass is 341 g/mol. The first kappa shape index (κ1) is 18.9. The smallest absolute Gasteiger partial charge is 0.270 e. The number of rotatable bonds is 8. The summed E-state index contributed by atoms with van der Waals surface area (Å²) in [7, 11) is 3.95. The molecule has 0 spiro atoms. The zero-order valence-corrected chi connectivity index (χ0v) is 15.5. The molecule has 0 unspecified atom stereocenters. The topological polar surface area (TPSA) is 61.4 Å². The summed E-state index contributed by atoms with van der Waals surface area (Å²) in [4.78, 5) is 25.3. The van der Waals surface area contributed by atoms with Gasteiger partial charge >= 0.3 is 0 Å². The van der Waals surface area contributed by atoms with Gasteiger partial charge in [0.1, 0.15) is 17.3 Å². The van der Waals surface area contributed by atoms with Gasteiger partial charge in [-0.25, -0.2) is 9.97 Å². The number of aryl methyl sites for hydroxylation is 1. The van der Waals surface area contributed by atoms with E-state index in [0.29, 0.717) is 18.1 Å². The van der Waals surface area contributed by atoms with Crippen molar-refractivity contribution in [2.75, 3.05) is 38.6 Å². The van der Waals surface area contributed by atoms with E-state index >= 15 is 0 Å². The van der Waals surface area contributed by atoms with E-state index < -0.39 is 0 Å². The van der Waals surface area contributed by atoms with Gasteiger partial charge in [-0.2, -0.15) is 0 Å². The van der Waals surface area contributed by atoms with Crippen molar-refractivity contribution in [1.82, 2.24) is 20.2 Å². The first-order valence-corrected chi connectivity index (χ1v) is 8.57. The molecule has 0 atom stereocenters. The molecular formula is C19H27N5O. The summed E-state index contributed by atoms with van der Waals surface area (Å²) >= 11 is 0. The average Bonchev–Trinajstić information content (AvgIpc) is 2.59. The standard InChI is InChI=1S/C19H27N5O/c1-5-24(14-16-9-7-6-8-10-16)18-13-17(21-15(2)22-18)19(25)20-11-12-23(3)4/h6-10,13H,5,11-12,14H2,1-4H3,(H,20,25). The van der Waals surface area contributed by atoms with Crippen LogP contribution in [-0.2, 0) is 6.54 Å². The van der Waals surface area contributed by atoms with Crippen molar-refractivity contribution in [2.45, 2.75) is 20.4 Å². The molecule has 1 aromatic carbocycles. The van der Waals surface area contributed by atoms with E-state index in [4.69, 9.17) is 0 Å². The molecule has 6 nitrogen and oxygen atoms in total. The number of nitrogens with zero attached hydrogens (tertiary/aromatic N) is 4. The molecule has 25 heavy (non-hydrogen) atoms. The number of carbonyl (C=O) groups is 1. The SMILES string of the molecule is CCN(Cc1ccccc1)c1cc(C(=O)NCCN(C)C)nc(C)n1. The van der Waals surface area contributed by atoms with E-state index in [9.17, 15) is 4.79 Å². The van der Waals surface area contributed by atoms with Crippen LogP contribution in [0.15, 0.2) is 36.4 Å². The molecule has 1 heterocycles. The molecule has 6 heteroatoms. The maximum Gasteiger partial charge on any atom is 0.270 e. The molecule has 0 bridgehead atoms. The Kier molecular flexibility index (Phi) is 6.89. The van der Waals surface area contributed by atoms with Crippen LogP contribution in [-0.4, -0.2) is 54.5 Å². The van der Waals surface area contributed by atoms with Crippen molar-refractivity contribution < 1.29 is 4.79 Å². The van der Waals surface area contributed by atoms with Crippen LogP contribution in [0.1, 0.15) is 28.8 Å². The lowest BCUT2D eigenvalue weighted by Crippen LogP contribution is -2.32. The predicted octanol–water partition coefficient (Wildman–Crippen LogP) is 2.10. The maximum atomic E-state index is 12.4. The quantitative estimate of drug-likeness (QED) is 0.797. The Hall–Kier alpha value is -2.47. The van der Waals surface area contributed by atoms with Crippen molar-refractivity contribution >= 4 is 11.7 Å². The van der Waals surface area contributed by atoms with Gasteiger partial charge in [0.15, 0.2) is 0 Å². The second-order valence-corrected chi connectivity index (χ2v) is 6.22. The van der Waals surface area contributed by atoms with Crippen LogP contribution < -0.4 is 10.2 Å². The minimum atomic E-state index is -0.163.